The van der Waals surface area contributed by atoms with Gasteiger partial charge >= 0.3 is 0 Å². The van der Waals surface area contributed by atoms with Crippen LogP contribution in [0.5, 0.6) is 0 Å². The zero-order chi connectivity index (χ0) is 12.7. The Balaban J connectivity index is 2.82. The second-order valence-electron chi connectivity index (χ2n) is 4.09. The molecule has 0 aliphatic heterocycles. The van der Waals surface area contributed by atoms with E-state index in [-0.39, 0.29) is 12.1 Å². The molecule has 3 N–H and O–H groups in total. The fourth-order valence-corrected chi connectivity index (χ4v) is 1.67. The van der Waals surface area contributed by atoms with E-state index in [9.17, 15) is 5.11 Å². The maximum Gasteiger partial charge on any atom is 0.131 e. The second kappa shape index (κ2) is 6.39. The Morgan fingerprint density at radius 1 is 1.18 bits per heavy atom. The summed E-state index contributed by atoms with van der Waals surface area (Å²) in [5.41, 5.74) is -0.294. The molecule has 0 saturated heterocycles. The van der Waals surface area contributed by atoms with Crippen molar-refractivity contribution in [1.29, 1.82) is 0 Å². The molecule has 0 aliphatic rings. The Morgan fingerprint density at radius 3 is 2.35 bits per heavy atom. The highest BCUT2D eigenvalue weighted by molar-refractivity contribution is 5.47. The number of aliphatic hydroxyl groups is 1. The Bertz CT molecular complexity index is 331. The van der Waals surface area contributed by atoms with Crippen molar-refractivity contribution in [2.24, 2.45) is 0 Å². The summed E-state index contributed by atoms with van der Waals surface area (Å²) < 4.78 is 0. The van der Waals surface area contributed by atoms with E-state index in [0.717, 1.165) is 31.0 Å². The van der Waals surface area contributed by atoms with Crippen LogP contribution in [0.25, 0.3) is 0 Å². The third-order valence-electron chi connectivity index (χ3n) is 3.07. The first kappa shape index (κ1) is 13.7. The highest BCUT2D eigenvalue weighted by Crippen LogP contribution is 2.21. The van der Waals surface area contributed by atoms with Gasteiger partial charge in [0.25, 0.3) is 0 Å². The monoisotopic (exact) mass is 238 g/mol. The third kappa shape index (κ3) is 3.56. The first-order valence-electron chi connectivity index (χ1n) is 6.14. The van der Waals surface area contributed by atoms with Crippen molar-refractivity contribution in [3.05, 3.63) is 12.4 Å². The number of nitrogens with one attached hydrogen (secondary N) is 2. The van der Waals surface area contributed by atoms with E-state index >= 15 is 0 Å². The van der Waals surface area contributed by atoms with E-state index in [1.165, 1.54) is 6.33 Å². The third-order valence-corrected chi connectivity index (χ3v) is 3.07. The van der Waals surface area contributed by atoms with Gasteiger partial charge in [-0.05, 0) is 19.8 Å². The summed E-state index contributed by atoms with van der Waals surface area (Å²) in [5.74, 6) is 1.54. The number of hydrogen-bond donors (Lipinski definition) is 3. The van der Waals surface area contributed by atoms with Gasteiger partial charge in [-0.2, -0.15) is 0 Å². The van der Waals surface area contributed by atoms with Crippen LogP contribution >= 0.6 is 0 Å². The molecule has 0 aliphatic carbocycles. The van der Waals surface area contributed by atoms with E-state index in [1.54, 1.807) is 0 Å². The molecule has 0 spiro atoms. The van der Waals surface area contributed by atoms with Crippen molar-refractivity contribution in [2.45, 2.75) is 39.2 Å². The first-order chi connectivity index (χ1) is 8.19. The minimum atomic E-state index is -0.294. The van der Waals surface area contributed by atoms with Crippen LogP contribution in [0.1, 0.15) is 33.6 Å². The fraction of sp³-hybridized carbons (Fsp3) is 0.667. The number of anilines is 2. The molecule has 1 rings (SSSR count). The Kier molecular flexibility index (Phi) is 5.15. The van der Waals surface area contributed by atoms with E-state index in [2.05, 4.69) is 34.4 Å². The topological polar surface area (TPSA) is 70.1 Å². The SMILES string of the molecule is CCNc1cc(NC(CC)(CC)CO)ncn1. The quantitative estimate of drug-likeness (QED) is 0.676. The van der Waals surface area contributed by atoms with Crippen molar-refractivity contribution in [3.8, 4) is 0 Å². The highest BCUT2D eigenvalue weighted by atomic mass is 16.3. The Hall–Kier alpha value is -1.36. The largest absolute Gasteiger partial charge is 0.394 e. The predicted octanol–water partition coefficient (Wildman–Crippen LogP) is 1.87. The van der Waals surface area contributed by atoms with Crippen LogP contribution in [0.15, 0.2) is 12.4 Å². The summed E-state index contributed by atoms with van der Waals surface area (Å²) >= 11 is 0. The van der Waals surface area contributed by atoms with Crippen LogP contribution in [-0.4, -0.2) is 33.8 Å². The van der Waals surface area contributed by atoms with E-state index in [1.807, 2.05) is 13.0 Å². The molecule has 1 heterocycles. The molecule has 0 radical (unpaired) electrons. The van der Waals surface area contributed by atoms with Crippen LogP contribution in [0, 0.1) is 0 Å². The van der Waals surface area contributed by atoms with Crippen molar-refractivity contribution in [1.82, 2.24) is 9.97 Å². The van der Waals surface area contributed by atoms with Crippen LogP contribution in [0.3, 0.4) is 0 Å². The Morgan fingerprint density at radius 2 is 1.82 bits per heavy atom. The van der Waals surface area contributed by atoms with Gasteiger partial charge in [-0.15, -0.1) is 0 Å². The molecule has 5 nitrogen and oxygen atoms in total. The molecule has 0 fully saturated rings. The normalized spacial score (nSPS) is 11.3. The lowest BCUT2D eigenvalue weighted by molar-refractivity contribution is 0.202. The number of aliphatic hydroxyl groups excluding tert-OH is 1. The zero-order valence-electron chi connectivity index (χ0n) is 10.8. The molecule has 0 atom stereocenters. The van der Waals surface area contributed by atoms with Gasteiger partial charge < -0.3 is 15.7 Å². The molecule has 0 amide bonds. The molecule has 17 heavy (non-hydrogen) atoms. The number of hydrogen-bond acceptors (Lipinski definition) is 5. The zero-order valence-corrected chi connectivity index (χ0v) is 10.8. The molecule has 0 bridgehead atoms. The minimum absolute atomic E-state index is 0.0978. The minimum Gasteiger partial charge on any atom is -0.394 e. The molecule has 0 saturated carbocycles. The van der Waals surface area contributed by atoms with Gasteiger partial charge in [0.1, 0.15) is 18.0 Å². The van der Waals surface area contributed by atoms with E-state index in [4.69, 9.17) is 0 Å². The van der Waals surface area contributed by atoms with Crippen molar-refractivity contribution >= 4 is 11.6 Å². The average molecular weight is 238 g/mol. The molecule has 1 aromatic rings. The smallest absolute Gasteiger partial charge is 0.131 e. The second-order valence-corrected chi connectivity index (χ2v) is 4.09. The number of nitrogens with zero attached hydrogens (tertiary/aromatic N) is 2. The molecular formula is C12H22N4O. The molecular weight excluding hydrogens is 216 g/mol. The first-order valence-corrected chi connectivity index (χ1v) is 6.14. The number of aromatic nitrogens is 2. The standard InChI is InChI=1S/C12H22N4O/c1-4-12(5-2,8-17)16-11-7-10(13-6-3)14-9-15-11/h7,9,17H,4-6,8H2,1-3H3,(H2,13,14,15,16). The van der Waals surface area contributed by atoms with Gasteiger partial charge in [0.2, 0.25) is 0 Å². The number of rotatable bonds is 7. The van der Waals surface area contributed by atoms with Crippen molar-refractivity contribution < 1.29 is 5.11 Å². The Labute approximate surface area is 103 Å². The van der Waals surface area contributed by atoms with Crippen LogP contribution < -0.4 is 10.6 Å². The van der Waals surface area contributed by atoms with Crippen molar-refractivity contribution in [3.63, 3.8) is 0 Å². The summed E-state index contributed by atoms with van der Waals surface area (Å²) in [4.78, 5) is 8.29. The van der Waals surface area contributed by atoms with Crippen LogP contribution in [0.2, 0.25) is 0 Å². The van der Waals surface area contributed by atoms with Gasteiger partial charge in [0, 0.05) is 12.6 Å². The fourth-order valence-electron chi connectivity index (χ4n) is 1.67. The lowest BCUT2D eigenvalue weighted by Crippen LogP contribution is -2.41. The molecule has 5 heteroatoms. The lowest BCUT2D eigenvalue weighted by Gasteiger charge is -2.31. The summed E-state index contributed by atoms with van der Waals surface area (Å²) in [6.07, 6.45) is 3.22. The summed E-state index contributed by atoms with van der Waals surface area (Å²) in [6, 6.07) is 1.86. The van der Waals surface area contributed by atoms with Gasteiger partial charge in [-0.1, -0.05) is 13.8 Å². The molecule has 1 aromatic heterocycles. The van der Waals surface area contributed by atoms with Gasteiger partial charge in [-0.3, -0.25) is 0 Å². The average Bonchev–Trinajstić information content (AvgIpc) is 2.37. The van der Waals surface area contributed by atoms with Gasteiger partial charge in [0.15, 0.2) is 0 Å². The molecule has 0 aromatic carbocycles. The molecule has 96 valence electrons. The summed E-state index contributed by atoms with van der Waals surface area (Å²) in [6.45, 7) is 7.05. The summed E-state index contributed by atoms with van der Waals surface area (Å²) in [7, 11) is 0. The van der Waals surface area contributed by atoms with E-state index in [0.29, 0.717) is 0 Å². The van der Waals surface area contributed by atoms with E-state index < -0.39 is 0 Å². The summed E-state index contributed by atoms with van der Waals surface area (Å²) in [5, 5.41) is 15.9. The van der Waals surface area contributed by atoms with Gasteiger partial charge in [-0.25, -0.2) is 9.97 Å². The van der Waals surface area contributed by atoms with Gasteiger partial charge in [0.05, 0.1) is 12.1 Å². The van der Waals surface area contributed by atoms with Crippen LogP contribution in [-0.2, 0) is 0 Å². The maximum atomic E-state index is 9.49. The highest BCUT2D eigenvalue weighted by Gasteiger charge is 2.25. The molecule has 0 unspecified atom stereocenters. The van der Waals surface area contributed by atoms with Crippen molar-refractivity contribution in [2.75, 3.05) is 23.8 Å². The van der Waals surface area contributed by atoms with Crippen LogP contribution in [0.4, 0.5) is 11.6 Å². The predicted molar refractivity (Wildman–Crippen MR) is 70.2 cm³/mol. The maximum absolute atomic E-state index is 9.49. The lowest BCUT2D eigenvalue weighted by atomic mass is 9.94.